The molecule has 1 saturated heterocycles. The summed E-state index contributed by atoms with van der Waals surface area (Å²) in [5.41, 5.74) is 8.34. The van der Waals surface area contributed by atoms with Crippen molar-refractivity contribution in [3.05, 3.63) is 28.2 Å². The highest BCUT2D eigenvalue weighted by Crippen LogP contribution is 2.25. The third kappa shape index (κ3) is 4.20. The Bertz CT molecular complexity index is 417. The second kappa shape index (κ2) is 6.73. The van der Waals surface area contributed by atoms with Crippen LogP contribution in [0.1, 0.15) is 25.3 Å². The molecule has 19 heavy (non-hydrogen) atoms. The summed E-state index contributed by atoms with van der Waals surface area (Å²) in [6.45, 7) is 3.90. The molecule has 0 radical (unpaired) electrons. The monoisotopic (exact) mass is 326 g/mol. The zero-order valence-corrected chi connectivity index (χ0v) is 13.3. The maximum atomic E-state index is 5.85. The van der Waals surface area contributed by atoms with Crippen LogP contribution in [-0.4, -0.2) is 32.3 Å². The average Bonchev–Trinajstić information content (AvgIpc) is 2.84. The van der Waals surface area contributed by atoms with Gasteiger partial charge in [-0.1, -0.05) is 22.0 Å². The quantitative estimate of drug-likeness (QED) is 0.904. The van der Waals surface area contributed by atoms with Gasteiger partial charge in [-0.25, -0.2) is 0 Å². The Hall–Kier alpha value is -0.580. The number of rotatable bonds is 5. The van der Waals surface area contributed by atoms with Gasteiger partial charge >= 0.3 is 0 Å². The van der Waals surface area contributed by atoms with Crippen LogP contribution in [0.25, 0.3) is 0 Å². The maximum absolute atomic E-state index is 5.85. The molecule has 1 aromatic carbocycles. The molecule has 1 heterocycles. The van der Waals surface area contributed by atoms with Crippen molar-refractivity contribution in [2.24, 2.45) is 5.73 Å². The molecular formula is C15H23BrN2O. The van der Waals surface area contributed by atoms with Crippen molar-refractivity contribution in [3.8, 4) is 0 Å². The number of ether oxygens (including phenoxy) is 1. The molecule has 1 fully saturated rings. The van der Waals surface area contributed by atoms with Crippen LogP contribution in [0.5, 0.6) is 0 Å². The summed E-state index contributed by atoms with van der Waals surface area (Å²) in [5, 5.41) is 0. The standard InChI is InChI=1S/C15H23BrN2O/c1-11(17)8-12-5-6-13(9-15(12)16)18(2)10-14-4-3-7-19-14/h5-6,9,11,14H,3-4,7-8,10,17H2,1-2H3. The first-order chi connectivity index (χ1) is 9.06. The first kappa shape index (κ1) is 14.8. The van der Waals surface area contributed by atoms with Gasteiger partial charge in [-0.2, -0.15) is 0 Å². The molecule has 2 unspecified atom stereocenters. The topological polar surface area (TPSA) is 38.5 Å². The van der Waals surface area contributed by atoms with Gasteiger partial charge in [0.15, 0.2) is 0 Å². The minimum atomic E-state index is 0.187. The van der Waals surface area contributed by atoms with Crippen molar-refractivity contribution >= 4 is 21.6 Å². The number of anilines is 1. The Morgan fingerprint density at radius 3 is 2.89 bits per heavy atom. The summed E-state index contributed by atoms with van der Waals surface area (Å²) < 4.78 is 6.82. The predicted octanol–water partition coefficient (Wildman–Crippen LogP) is 2.95. The van der Waals surface area contributed by atoms with E-state index in [1.165, 1.54) is 24.1 Å². The minimum absolute atomic E-state index is 0.187. The normalized spacial score (nSPS) is 20.5. The molecule has 2 N–H and O–H groups in total. The van der Waals surface area contributed by atoms with Crippen molar-refractivity contribution in [2.45, 2.75) is 38.3 Å². The summed E-state index contributed by atoms with van der Waals surface area (Å²) in [5.74, 6) is 0. The smallest absolute Gasteiger partial charge is 0.0750 e. The van der Waals surface area contributed by atoms with E-state index in [1.807, 2.05) is 6.92 Å². The molecule has 1 aromatic rings. The summed E-state index contributed by atoms with van der Waals surface area (Å²) in [4.78, 5) is 2.26. The highest BCUT2D eigenvalue weighted by Gasteiger charge is 2.18. The van der Waals surface area contributed by atoms with Crippen molar-refractivity contribution in [2.75, 3.05) is 25.1 Å². The summed E-state index contributed by atoms with van der Waals surface area (Å²) in [6, 6.07) is 6.69. The fourth-order valence-corrected chi connectivity index (χ4v) is 3.01. The third-order valence-corrected chi connectivity index (χ3v) is 4.26. The number of nitrogens with zero attached hydrogens (tertiary/aromatic N) is 1. The summed E-state index contributed by atoms with van der Waals surface area (Å²) >= 11 is 3.64. The lowest BCUT2D eigenvalue weighted by Crippen LogP contribution is -2.28. The van der Waals surface area contributed by atoms with Crippen LogP contribution in [0.3, 0.4) is 0 Å². The number of benzene rings is 1. The van der Waals surface area contributed by atoms with E-state index in [0.717, 1.165) is 24.0 Å². The van der Waals surface area contributed by atoms with E-state index in [-0.39, 0.29) is 6.04 Å². The van der Waals surface area contributed by atoms with Gasteiger partial charge in [-0.05, 0) is 43.9 Å². The van der Waals surface area contributed by atoms with Crippen LogP contribution in [0.2, 0.25) is 0 Å². The lowest BCUT2D eigenvalue weighted by atomic mass is 10.1. The van der Waals surface area contributed by atoms with E-state index in [4.69, 9.17) is 10.5 Å². The Morgan fingerprint density at radius 1 is 1.53 bits per heavy atom. The van der Waals surface area contributed by atoms with Crippen LogP contribution < -0.4 is 10.6 Å². The Kier molecular flexibility index (Phi) is 5.25. The molecule has 1 aliphatic rings. The van der Waals surface area contributed by atoms with Crippen molar-refractivity contribution in [1.82, 2.24) is 0 Å². The van der Waals surface area contributed by atoms with Crippen LogP contribution >= 0.6 is 15.9 Å². The number of halogens is 1. The van der Waals surface area contributed by atoms with Crippen molar-refractivity contribution < 1.29 is 4.74 Å². The molecule has 106 valence electrons. The lowest BCUT2D eigenvalue weighted by Gasteiger charge is -2.23. The predicted molar refractivity (Wildman–Crippen MR) is 83.7 cm³/mol. The molecule has 1 aliphatic heterocycles. The van der Waals surface area contributed by atoms with Gasteiger partial charge in [0, 0.05) is 36.4 Å². The van der Waals surface area contributed by atoms with Crippen LogP contribution in [0.15, 0.2) is 22.7 Å². The SMILES string of the molecule is CC(N)Cc1ccc(N(C)CC2CCCO2)cc1Br. The summed E-state index contributed by atoms with van der Waals surface area (Å²) in [6.07, 6.45) is 3.65. The van der Waals surface area contributed by atoms with Gasteiger partial charge in [-0.15, -0.1) is 0 Å². The highest BCUT2D eigenvalue weighted by atomic mass is 79.9. The van der Waals surface area contributed by atoms with E-state index in [2.05, 4.69) is 46.1 Å². The van der Waals surface area contributed by atoms with Gasteiger partial charge in [0.25, 0.3) is 0 Å². The summed E-state index contributed by atoms with van der Waals surface area (Å²) in [7, 11) is 2.12. The van der Waals surface area contributed by atoms with E-state index in [9.17, 15) is 0 Å². The molecule has 3 nitrogen and oxygen atoms in total. The number of likely N-dealkylation sites (N-methyl/N-ethyl adjacent to an activating group) is 1. The van der Waals surface area contributed by atoms with Crippen LogP contribution in [0.4, 0.5) is 5.69 Å². The minimum Gasteiger partial charge on any atom is -0.376 e. The highest BCUT2D eigenvalue weighted by molar-refractivity contribution is 9.10. The van der Waals surface area contributed by atoms with E-state index < -0.39 is 0 Å². The molecule has 0 aliphatic carbocycles. The first-order valence-electron chi connectivity index (χ1n) is 6.93. The molecule has 0 bridgehead atoms. The van der Waals surface area contributed by atoms with E-state index in [0.29, 0.717) is 6.10 Å². The zero-order chi connectivity index (χ0) is 13.8. The van der Waals surface area contributed by atoms with Gasteiger partial charge in [-0.3, -0.25) is 0 Å². The Balaban J connectivity index is 2.01. The molecule has 2 atom stereocenters. The third-order valence-electron chi connectivity index (χ3n) is 3.52. The molecule has 2 rings (SSSR count). The van der Waals surface area contributed by atoms with Gasteiger partial charge in [0.1, 0.15) is 0 Å². The van der Waals surface area contributed by atoms with Crippen molar-refractivity contribution in [3.63, 3.8) is 0 Å². The van der Waals surface area contributed by atoms with Crippen LogP contribution in [0, 0.1) is 0 Å². The molecule has 0 saturated carbocycles. The number of hydrogen-bond acceptors (Lipinski definition) is 3. The van der Waals surface area contributed by atoms with Crippen molar-refractivity contribution in [1.29, 1.82) is 0 Å². The second-order valence-corrected chi connectivity index (χ2v) is 6.33. The zero-order valence-electron chi connectivity index (χ0n) is 11.7. The molecule has 0 amide bonds. The second-order valence-electron chi connectivity index (χ2n) is 5.47. The largest absolute Gasteiger partial charge is 0.376 e. The molecule has 0 spiro atoms. The van der Waals surface area contributed by atoms with Gasteiger partial charge in [0.05, 0.1) is 6.10 Å². The van der Waals surface area contributed by atoms with Crippen LogP contribution in [-0.2, 0) is 11.2 Å². The molecule has 0 aromatic heterocycles. The fraction of sp³-hybridized carbons (Fsp3) is 0.600. The fourth-order valence-electron chi connectivity index (χ4n) is 2.49. The Morgan fingerprint density at radius 2 is 2.32 bits per heavy atom. The van der Waals surface area contributed by atoms with E-state index in [1.54, 1.807) is 0 Å². The maximum Gasteiger partial charge on any atom is 0.0750 e. The first-order valence-corrected chi connectivity index (χ1v) is 7.72. The number of nitrogens with two attached hydrogens (primary N) is 1. The Labute approximate surface area is 124 Å². The van der Waals surface area contributed by atoms with E-state index >= 15 is 0 Å². The number of hydrogen-bond donors (Lipinski definition) is 1. The van der Waals surface area contributed by atoms with Gasteiger partial charge in [0.2, 0.25) is 0 Å². The van der Waals surface area contributed by atoms with Gasteiger partial charge < -0.3 is 15.4 Å². The lowest BCUT2D eigenvalue weighted by molar-refractivity contribution is 0.116. The average molecular weight is 327 g/mol. The molecular weight excluding hydrogens is 304 g/mol. The molecule has 4 heteroatoms.